The van der Waals surface area contributed by atoms with E-state index >= 15 is 0 Å². The summed E-state index contributed by atoms with van der Waals surface area (Å²) in [7, 11) is 2.10. The third-order valence-corrected chi connectivity index (χ3v) is 3.51. The third-order valence-electron chi connectivity index (χ3n) is 3.51. The molecular formula is C11H23NO. The Balaban J connectivity index is 2.64. The molecule has 0 aliphatic carbocycles. The third kappa shape index (κ3) is 2.44. The van der Waals surface area contributed by atoms with Gasteiger partial charge in [-0.3, -0.25) is 0 Å². The Hall–Kier alpha value is -0.0800. The maximum atomic E-state index is 9.84. The van der Waals surface area contributed by atoms with Gasteiger partial charge in [0.15, 0.2) is 0 Å². The number of hydrogen-bond acceptors (Lipinski definition) is 2. The van der Waals surface area contributed by atoms with E-state index in [0.29, 0.717) is 17.4 Å². The number of likely N-dealkylation sites (tertiary alicyclic amines) is 1. The summed E-state index contributed by atoms with van der Waals surface area (Å²) < 4.78 is 0. The minimum absolute atomic E-state index is 0.150. The van der Waals surface area contributed by atoms with Gasteiger partial charge in [0.2, 0.25) is 0 Å². The summed E-state index contributed by atoms with van der Waals surface area (Å²) in [5, 5.41) is 9.84. The zero-order valence-corrected chi connectivity index (χ0v) is 9.54. The highest BCUT2D eigenvalue weighted by Crippen LogP contribution is 2.34. The lowest BCUT2D eigenvalue weighted by atomic mass is 9.74. The summed E-state index contributed by atoms with van der Waals surface area (Å²) in [4.78, 5) is 2.27. The molecule has 0 spiro atoms. The molecule has 2 heteroatoms. The summed E-state index contributed by atoms with van der Waals surface area (Å²) in [6, 6.07) is 0.318. The molecule has 3 atom stereocenters. The molecule has 2 nitrogen and oxygen atoms in total. The topological polar surface area (TPSA) is 23.5 Å². The van der Waals surface area contributed by atoms with E-state index in [1.807, 2.05) is 0 Å². The van der Waals surface area contributed by atoms with Gasteiger partial charge in [-0.15, -0.1) is 0 Å². The van der Waals surface area contributed by atoms with E-state index in [1.165, 1.54) is 0 Å². The van der Waals surface area contributed by atoms with Crippen molar-refractivity contribution in [3.05, 3.63) is 0 Å². The molecular weight excluding hydrogens is 162 g/mol. The van der Waals surface area contributed by atoms with Gasteiger partial charge in [0, 0.05) is 12.6 Å². The lowest BCUT2D eigenvalue weighted by Gasteiger charge is -2.44. The van der Waals surface area contributed by atoms with Crippen LogP contribution in [0.15, 0.2) is 0 Å². The van der Waals surface area contributed by atoms with Crippen LogP contribution < -0.4 is 0 Å². The molecule has 1 aliphatic rings. The quantitative estimate of drug-likeness (QED) is 0.621. The van der Waals surface area contributed by atoms with E-state index in [-0.39, 0.29) is 6.10 Å². The van der Waals surface area contributed by atoms with Crippen LogP contribution in [0.25, 0.3) is 0 Å². The van der Waals surface area contributed by atoms with Crippen molar-refractivity contribution in [1.82, 2.24) is 4.90 Å². The highest BCUT2D eigenvalue weighted by atomic mass is 16.3. The molecule has 1 saturated heterocycles. The molecule has 1 rings (SSSR count). The molecule has 1 fully saturated rings. The molecule has 1 aliphatic heterocycles. The van der Waals surface area contributed by atoms with Crippen LogP contribution in [-0.2, 0) is 0 Å². The van der Waals surface area contributed by atoms with Crippen molar-refractivity contribution in [2.45, 2.75) is 46.3 Å². The van der Waals surface area contributed by atoms with Crippen molar-refractivity contribution in [3.8, 4) is 0 Å². The number of rotatable bonds is 0. The van der Waals surface area contributed by atoms with Crippen molar-refractivity contribution in [1.29, 1.82) is 0 Å². The molecule has 78 valence electrons. The number of piperidine rings is 1. The van der Waals surface area contributed by atoms with Gasteiger partial charge in [0.1, 0.15) is 0 Å². The summed E-state index contributed by atoms with van der Waals surface area (Å²) in [5.41, 5.74) is 0.315. The Kier molecular flexibility index (Phi) is 3.03. The molecule has 1 heterocycles. The van der Waals surface area contributed by atoms with Crippen LogP contribution in [0.3, 0.4) is 0 Å². The van der Waals surface area contributed by atoms with Crippen molar-refractivity contribution in [3.63, 3.8) is 0 Å². The fraction of sp³-hybridized carbons (Fsp3) is 1.00. The first kappa shape index (κ1) is 11.0. The first-order valence-electron chi connectivity index (χ1n) is 5.20. The number of hydrogen-bond donors (Lipinski definition) is 1. The number of aliphatic hydroxyl groups is 1. The minimum atomic E-state index is -0.150. The van der Waals surface area contributed by atoms with E-state index in [2.05, 4.69) is 39.6 Å². The van der Waals surface area contributed by atoms with E-state index in [1.54, 1.807) is 0 Å². The highest BCUT2D eigenvalue weighted by molar-refractivity contribution is 4.88. The average molecular weight is 185 g/mol. The van der Waals surface area contributed by atoms with Crippen LogP contribution in [0.4, 0.5) is 0 Å². The van der Waals surface area contributed by atoms with Crippen LogP contribution in [0.2, 0.25) is 0 Å². The normalized spacial score (nSPS) is 37.8. The van der Waals surface area contributed by atoms with Crippen molar-refractivity contribution in [2.75, 3.05) is 13.6 Å². The van der Waals surface area contributed by atoms with Crippen LogP contribution in [0.5, 0.6) is 0 Å². The molecule has 13 heavy (non-hydrogen) atoms. The van der Waals surface area contributed by atoms with Crippen LogP contribution in [0, 0.1) is 11.3 Å². The summed E-state index contributed by atoms with van der Waals surface area (Å²) in [6.07, 6.45) is 0.803. The maximum Gasteiger partial charge on any atom is 0.0695 e. The second kappa shape index (κ2) is 3.58. The standard InChI is InChI=1S/C11H23NO/c1-8-10(13)6-9(7-12(8)5)11(2,3)4/h8-10,13H,6-7H2,1-5H3. The number of aliphatic hydroxyl groups excluding tert-OH is 1. The average Bonchev–Trinajstić information content (AvgIpc) is 1.97. The minimum Gasteiger partial charge on any atom is -0.391 e. The Labute approximate surface area is 81.9 Å². The number of nitrogens with zero attached hydrogens (tertiary/aromatic N) is 1. The molecule has 0 bridgehead atoms. The predicted molar refractivity (Wildman–Crippen MR) is 55.7 cm³/mol. The van der Waals surface area contributed by atoms with Crippen LogP contribution >= 0.6 is 0 Å². The van der Waals surface area contributed by atoms with Gasteiger partial charge in [0.25, 0.3) is 0 Å². The van der Waals surface area contributed by atoms with Crippen molar-refractivity contribution in [2.24, 2.45) is 11.3 Å². The summed E-state index contributed by atoms with van der Waals surface area (Å²) >= 11 is 0. The van der Waals surface area contributed by atoms with Gasteiger partial charge in [0.05, 0.1) is 6.10 Å². The molecule has 0 saturated carbocycles. The lowest BCUT2D eigenvalue weighted by molar-refractivity contribution is -0.0225. The maximum absolute atomic E-state index is 9.84. The smallest absolute Gasteiger partial charge is 0.0695 e. The zero-order valence-electron chi connectivity index (χ0n) is 9.54. The summed E-state index contributed by atoms with van der Waals surface area (Å²) in [5.74, 6) is 0.615. The van der Waals surface area contributed by atoms with E-state index < -0.39 is 0 Å². The van der Waals surface area contributed by atoms with Gasteiger partial charge in [-0.1, -0.05) is 20.8 Å². The largest absolute Gasteiger partial charge is 0.391 e. The first-order chi connectivity index (χ1) is 5.82. The molecule has 0 radical (unpaired) electrons. The van der Waals surface area contributed by atoms with Gasteiger partial charge < -0.3 is 10.0 Å². The predicted octanol–water partition coefficient (Wildman–Crippen LogP) is 1.73. The zero-order chi connectivity index (χ0) is 10.2. The molecule has 3 unspecified atom stereocenters. The molecule has 0 amide bonds. The molecule has 0 aromatic heterocycles. The number of likely N-dealkylation sites (N-methyl/N-ethyl adjacent to an activating group) is 1. The van der Waals surface area contributed by atoms with E-state index in [4.69, 9.17) is 0 Å². The summed E-state index contributed by atoms with van der Waals surface area (Å²) in [6.45, 7) is 9.99. The Bertz CT molecular complexity index is 161. The Morgan fingerprint density at radius 2 is 1.85 bits per heavy atom. The fourth-order valence-corrected chi connectivity index (χ4v) is 2.00. The Morgan fingerprint density at radius 3 is 2.23 bits per heavy atom. The lowest BCUT2D eigenvalue weighted by Crippen LogP contribution is -2.50. The van der Waals surface area contributed by atoms with Crippen LogP contribution in [0.1, 0.15) is 34.1 Å². The second-order valence-corrected chi connectivity index (χ2v) is 5.55. The fourth-order valence-electron chi connectivity index (χ4n) is 2.00. The first-order valence-corrected chi connectivity index (χ1v) is 5.20. The van der Waals surface area contributed by atoms with Gasteiger partial charge in [-0.2, -0.15) is 0 Å². The van der Waals surface area contributed by atoms with Gasteiger partial charge in [-0.05, 0) is 31.7 Å². The SMILES string of the molecule is CC1C(O)CC(C(C)(C)C)CN1C. The van der Waals surface area contributed by atoms with Crippen molar-refractivity contribution >= 4 is 0 Å². The van der Waals surface area contributed by atoms with E-state index in [9.17, 15) is 5.11 Å². The van der Waals surface area contributed by atoms with Crippen molar-refractivity contribution < 1.29 is 5.11 Å². The highest BCUT2D eigenvalue weighted by Gasteiger charge is 2.35. The van der Waals surface area contributed by atoms with Gasteiger partial charge in [-0.25, -0.2) is 0 Å². The monoisotopic (exact) mass is 185 g/mol. The van der Waals surface area contributed by atoms with E-state index in [0.717, 1.165) is 13.0 Å². The molecule has 0 aromatic rings. The Morgan fingerprint density at radius 1 is 1.31 bits per heavy atom. The van der Waals surface area contributed by atoms with Gasteiger partial charge >= 0.3 is 0 Å². The van der Waals surface area contributed by atoms with Crippen LogP contribution in [-0.4, -0.2) is 35.7 Å². The second-order valence-electron chi connectivity index (χ2n) is 5.55. The molecule has 1 N–H and O–H groups in total. The molecule has 0 aromatic carbocycles.